The van der Waals surface area contributed by atoms with E-state index >= 15 is 0 Å². The van der Waals surface area contributed by atoms with Gasteiger partial charge in [0.15, 0.2) is 6.10 Å². The molecule has 0 rings (SSSR count). The standard InChI is InChI=1S/C60H102O6/c1-4-7-10-13-16-19-22-25-27-29-31-32-35-38-41-44-47-50-53-59(62)65-56-57(55-64-58(61)52-49-46-43-40-37-34-24-21-18-15-12-9-6-3)66-60(63)54-51-48-45-42-39-36-33-30-28-26-23-20-17-14-11-8-5-2/h8,11,17,20-21,24,26-29,33,36,42,45,57H,4-7,9-10,12-16,18-19,22-23,25,30-32,34-35,37-41,43-44,46-56H2,1-3H3/b11-8-,20-17-,24-21-,28-26-,29-27-,36-33-,45-42-. The number of esters is 3. The van der Waals surface area contributed by atoms with Crippen LogP contribution in [-0.2, 0) is 28.6 Å². The van der Waals surface area contributed by atoms with Crippen LogP contribution in [0.15, 0.2) is 85.1 Å². The van der Waals surface area contributed by atoms with Crippen molar-refractivity contribution in [2.24, 2.45) is 0 Å². The molecule has 66 heavy (non-hydrogen) atoms. The van der Waals surface area contributed by atoms with Gasteiger partial charge in [-0.05, 0) is 109 Å². The lowest BCUT2D eigenvalue weighted by Crippen LogP contribution is -2.30. The number of carbonyl (C=O) groups excluding carboxylic acids is 3. The summed E-state index contributed by atoms with van der Waals surface area (Å²) < 4.78 is 16.8. The van der Waals surface area contributed by atoms with Crippen LogP contribution in [0.25, 0.3) is 0 Å². The predicted octanol–water partition coefficient (Wildman–Crippen LogP) is 18.4. The van der Waals surface area contributed by atoms with E-state index in [1.807, 2.05) is 0 Å². The highest BCUT2D eigenvalue weighted by atomic mass is 16.6. The Hall–Kier alpha value is -3.41. The molecule has 1 atom stereocenters. The SMILES string of the molecule is CC/C=C\C/C=C\C/C=C\C/C=C\C/C=C\CCCC(=O)OC(COC(=O)CCCCCCC/C=C\CCCCCC)COC(=O)CCCCCCCCC/C=C\CCCCCCCCC. The summed E-state index contributed by atoms with van der Waals surface area (Å²) in [5.74, 6) is -0.973. The summed E-state index contributed by atoms with van der Waals surface area (Å²) in [4.78, 5) is 38.1. The van der Waals surface area contributed by atoms with Crippen LogP contribution in [0.1, 0.15) is 258 Å². The Morgan fingerprint density at radius 1 is 0.318 bits per heavy atom. The van der Waals surface area contributed by atoms with Crippen LogP contribution in [0.2, 0.25) is 0 Å². The van der Waals surface area contributed by atoms with Gasteiger partial charge in [-0.3, -0.25) is 14.4 Å². The molecule has 0 aromatic rings. The molecule has 378 valence electrons. The summed E-state index contributed by atoms with van der Waals surface area (Å²) in [6, 6.07) is 0. The molecule has 0 bridgehead atoms. The van der Waals surface area contributed by atoms with Gasteiger partial charge in [-0.25, -0.2) is 0 Å². The molecule has 0 heterocycles. The van der Waals surface area contributed by atoms with Crippen LogP contribution in [0.5, 0.6) is 0 Å². The van der Waals surface area contributed by atoms with Crippen LogP contribution in [0, 0.1) is 0 Å². The molecule has 0 fully saturated rings. The maximum atomic E-state index is 12.8. The molecule has 0 spiro atoms. The highest BCUT2D eigenvalue weighted by Gasteiger charge is 2.19. The first-order valence-electron chi connectivity index (χ1n) is 27.6. The third kappa shape index (κ3) is 51.6. The minimum absolute atomic E-state index is 0.104. The van der Waals surface area contributed by atoms with E-state index in [-0.39, 0.29) is 37.5 Å². The van der Waals surface area contributed by atoms with Crippen molar-refractivity contribution in [1.82, 2.24) is 0 Å². The second-order valence-electron chi connectivity index (χ2n) is 18.1. The number of hydrogen-bond donors (Lipinski definition) is 0. The zero-order valence-electron chi connectivity index (χ0n) is 43.2. The topological polar surface area (TPSA) is 78.9 Å². The zero-order valence-corrected chi connectivity index (χ0v) is 43.2. The van der Waals surface area contributed by atoms with Gasteiger partial charge < -0.3 is 14.2 Å². The molecule has 0 amide bonds. The molecule has 6 nitrogen and oxygen atoms in total. The van der Waals surface area contributed by atoms with Crippen molar-refractivity contribution in [3.05, 3.63) is 85.1 Å². The number of ether oxygens (including phenoxy) is 3. The van der Waals surface area contributed by atoms with E-state index in [4.69, 9.17) is 14.2 Å². The van der Waals surface area contributed by atoms with Crippen molar-refractivity contribution in [1.29, 1.82) is 0 Å². The molecule has 0 saturated heterocycles. The average Bonchev–Trinajstić information content (AvgIpc) is 3.31. The molecule has 6 heteroatoms. The van der Waals surface area contributed by atoms with Gasteiger partial charge >= 0.3 is 17.9 Å². The third-order valence-corrected chi connectivity index (χ3v) is 11.6. The largest absolute Gasteiger partial charge is 0.462 e. The second-order valence-corrected chi connectivity index (χ2v) is 18.1. The summed E-state index contributed by atoms with van der Waals surface area (Å²) in [6.45, 7) is 6.46. The van der Waals surface area contributed by atoms with Gasteiger partial charge in [-0.15, -0.1) is 0 Å². The van der Waals surface area contributed by atoms with E-state index in [2.05, 4.69) is 106 Å². The molecule has 0 aromatic heterocycles. The van der Waals surface area contributed by atoms with Gasteiger partial charge in [0.05, 0.1) is 0 Å². The van der Waals surface area contributed by atoms with Crippen LogP contribution in [-0.4, -0.2) is 37.2 Å². The zero-order chi connectivity index (χ0) is 47.9. The van der Waals surface area contributed by atoms with Crippen molar-refractivity contribution >= 4 is 17.9 Å². The number of unbranched alkanes of at least 4 members (excludes halogenated alkanes) is 24. The smallest absolute Gasteiger partial charge is 0.306 e. The normalized spacial score (nSPS) is 12.7. The van der Waals surface area contributed by atoms with Gasteiger partial charge in [0.1, 0.15) is 13.2 Å². The van der Waals surface area contributed by atoms with Crippen molar-refractivity contribution in [2.75, 3.05) is 13.2 Å². The van der Waals surface area contributed by atoms with Crippen molar-refractivity contribution < 1.29 is 28.6 Å². The fourth-order valence-corrected chi connectivity index (χ4v) is 7.47. The molecule has 0 aliphatic carbocycles. The lowest BCUT2D eigenvalue weighted by molar-refractivity contribution is -0.167. The highest BCUT2D eigenvalue weighted by molar-refractivity contribution is 5.71. The molecule has 0 aromatic carbocycles. The lowest BCUT2D eigenvalue weighted by atomic mass is 10.1. The first kappa shape index (κ1) is 62.6. The molecule has 0 aliphatic rings. The Labute approximate surface area is 407 Å². The average molecular weight is 919 g/mol. The highest BCUT2D eigenvalue weighted by Crippen LogP contribution is 2.14. The Kier molecular flexibility index (Phi) is 51.4. The van der Waals surface area contributed by atoms with Crippen LogP contribution in [0.4, 0.5) is 0 Å². The summed E-state index contributed by atoms with van der Waals surface area (Å²) >= 11 is 0. The van der Waals surface area contributed by atoms with Crippen molar-refractivity contribution in [3.8, 4) is 0 Å². The second kappa shape index (κ2) is 54.2. The van der Waals surface area contributed by atoms with Gasteiger partial charge in [0.2, 0.25) is 0 Å². The van der Waals surface area contributed by atoms with E-state index in [1.54, 1.807) is 0 Å². The molecule has 1 unspecified atom stereocenters. The van der Waals surface area contributed by atoms with Crippen molar-refractivity contribution in [2.45, 2.75) is 264 Å². The molecular weight excluding hydrogens is 817 g/mol. The van der Waals surface area contributed by atoms with E-state index in [9.17, 15) is 14.4 Å². The van der Waals surface area contributed by atoms with E-state index in [0.717, 1.165) is 89.9 Å². The minimum Gasteiger partial charge on any atom is -0.462 e. The van der Waals surface area contributed by atoms with Gasteiger partial charge in [0, 0.05) is 19.3 Å². The molecule has 0 saturated carbocycles. The molecule has 0 aliphatic heterocycles. The fraction of sp³-hybridized carbons (Fsp3) is 0.717. The van der Waals surface area contributed by atoms with Crippen LogP contribution in [0.3, 0.4) is 0 Å². The Bertz CT molecular complexity index is 1290. The Balaban J connectivity index is 4.47. The first-order chi connectivity index (χ1) is 32.5. The van der Waals surface area contributed by atoms with E-state index in [1.165, 1.54) is 122 Å². The number of hydrogen-bond acceptors (Lipinski definition) is 6. The summed E-state index contributed by atoms with van der Waals surface area (Å²) in [5, 5.41) is 0. The predicted molar refractivity (Wildman–Crippen MR) is 284 cm³/mol. The maximum absolute atomic E-state index is 12.8. The number of carbonyl (C=O) groups is 3. The summed E-state index contributed by atoms with van der Waals surface area (Å²) in [7, 11) is 0. The summed E-state index contributed by atoms with van der Waals surface area (Å²) in [5.41, 5.74) is 0. The van der Waals surface area contributed by atoms with E-state index < -0.39 is 6.10 Å². The third-order valence-electron chi connectivity index (χ3n) is 11.6. The molecule has 0 N–H and O–H groups in total. The Morgan fingerprint density at radius 2 is 0.606 bits per heavy atom. The van der Waals surface area contributed by atoms with Crippen molar-refractivity contribution in [3.63, 3.8) is 0 Å². The molecule has 0 radical (unpaired) electrons. The fourth-order valence-electron chi connectivity index (χ4n) is 7.47. The number of rotatable bonds is 49. The van der Waals surface area contributed by atoms with Gasteiger partial charge in [0.25, 0.3) is 0 Å². The minimum atomic E-state index is -0.811. The van der Waals surface area contributed by atoms with E-state index in [0.29, 0.717) is 19.3 Å². The van der Waals surface area contributed by atoms with Crippen LogP contribution < -0.4 is 0 Å². The lowest BCUT2D eigenvalue weighted by Gasteiger charge is -2.18. The number of allylic oxidation sites excluding steroid dienone is 14. The molecular formula is C60H102O6. The maximum Gasteiger partial charge on any atom is 0.306 e. The van der Waals surface area contributed by atoms with Gasteiger partial charge in [-0.2, -0.15) is 0 Å². The Morgan fingerprint density at radius 3 is 1.00 bits per heavy atom. The summed E-state index contributed by atoms with van der Waals surface area (Å²) in [6.07, 6.45) is 70.0. The monoisotopic (exact) mass is 919 g/mol. The van der Waals surface area contributed by atoms with Crippen LogP contribution >= 0.6 is 0 Å². The quantitative estimate of drug-likeness (QED) is 0.0262. The first-order valence-corrected chi connectivity index (χ1v) is 27.6. The van der Waals surface area contributed by atoms with Gasteiger partial charge in [-0.1, -0.05) is 215 Å².